The maximum absolute atomic E-state index is 12.5. The largest absolute Gasteiger partial charge is 0.507 e. The first-order valence-electron chi connectivity index (χ1n) is 8.91. The molecule has 10 heteroatoms. The Balaban J connectivity index is 1.73. The second kappa shape index (κ2) is 7.50. The molecule has 1 aliphatic heterocycles. The van der Waals surface area contributed by atoms with Crippen LogP contribution in [0.15, 0.2) is 45.6 Å². The number of hydrogen-bond donors (Lipinski definition) is 6. The normalized spacial score (nSPS) is 23.7. The van der Waals surface area contributed by atoms with E-state index < -0.39 is 48.1 Å². The van der Waals surface area contributed by atoms with Crippen molar-refractivity contribution in [1.29, 1.82) is 0 Å². The highest BCUT2D eigenvalue weighted by Crippen LogP contribution is 2.35. The molecule has 1 saturated heterocycles. The minimum atomic E-state index is -1.45. The molecule has 0 spiro atoms. The Morgan fingerprint density at radius 2 is 1.70 bits per heavy atom. The van der Waals surface area contributed by atoms with Crippen LogP contribution in [0.4, 0.5) is 0 Å². The average molecular weight is 418 g/mol. The van der Waals surface area contributed by atoms with E-state index in [1.54, 1.807) is 0 Å². The Morgan fingerprint density at radius 3 is 2.37 bits per heavy atom. The van der Waals surface area contributed by atoms with Crippen LogP contribution in [0.25, 0.3) is 22.3 Å². The number of benzene rings is 2. The molecule has 0 saturated carbocycles. The van der Waals surface area contributed by atoms with Gasteiger partial charge in [0.25, 0.3) is 0 Å². The first kappa shape index (κ1) is 20.0. The molecule has 0 bridgehead atoms. The molecule has 30 heavy (non-hydrogen) atoms. The number of aromatic hydroxyl groups is 3. The number of hydrogen-bond acceptors (Lipinski definition) is 10. The van der Waals surface area contributed by atoms with E-state index in [-0.39, 0.29) is 28.2 Å². The van der Waals surface area contributed by atoms with E-state index in [1.165, 1.54) is 24.3 Å². The van der Waals surface area contributed by atoms with Crippen molar-refractivity contribution < 1.29 is 44.5 Å². The summed E-state index contributed by atoms with van der Waals surface area (Å²) in [6.07, 6.45) is -5.16. The predicted molar refractivity (Wildman–Crippen MR) is 101 cm³/mol. The summed E-state index contributed by atoms with van der Waals surface area (Å²) in [5, 5.41) is 58.2. The monoisotopic (exact) mass is 418 g/mol. The lowest BCUT2D eigenvalue weighted by Gasteiger charge is -2.17. The van der Waals surface area contributed by atoms with Gasteiger partial charge in [-0.15, -0.1) is 0 Å². The summed E-state index contributed by atoms with van der Waals surface area (Å²) in [5.41, 5.74) is -0.304. The van der Waals surface area contributed by atoms with Crippen molar-refractivity contribution in [2.45, 2.75) is 24.6 Å². The Labute approximate surface area is 168 Å². The zero-order valence-electron chi connectivity index (χ0n) is 15.3. The lowest BCUT2D eigenvalue weighted by Crippen LogP contribution is -2.35. The van der Waals surface area contributed by atoms with Gasteiger partial charge in [-0.3, -0.25) is 4.79 Å². The van der Waals surface area contributed by atoms with Gasteiger partial charge in [0, 0.05) is 23.8 Å². The maximum Gasteiger partial charge on any atom is 0.229 e. The van der Waals surface area contributed by atoms with Gasteiger partial charge in [0.05, 0.1) is 6.61 Å². The van der Waals surface area contributed by atoms with Crippen molar-refractivity contribution in [2.24, 2.45) is 0 Å². The molecule has 1 aliphatic rings. The zero-order valence-corrected chi connectivity index (χ0v) is 15.3. The molecule has 4 atom stereocenters. The number of phenolic OH excluding ortho intramolecular Hbond substituents is 3. The van der Waals surface area contributed by atoms with Gasteiger partial charge >= 0.3 is 0 Å². The minimum absolute atomic E-state index is 0.0244. The molecule has 2 aromatic carbocycles. The van der Waals surface area contributed by atoms with Gasteiger partial charge in [0.2, 0.25) is 6.29 Å². The molecule has 1 aromatic heterocycles. The van der Waals surface area contributed by atoms with E-state index in [1.807, 2.05) is 0 Å². The minimum Gasteiger partial charge on any atom is -0.507 e. The molecule has 1 unspecified atom stereocenters. The third-order valence-corrected chi connectivity index (χ3v) is 4.79. The summed E-state index contributed by atoms with van der Waals surface area (Å²) in [6, 6.07) is 7.40. The standard InChI is InChI=1S/C20H18O10/c21-7-16-18(26)19(27)20(30-16)28-9-4-12(24)17-13(25)6-14(29-15(17)5-9)8-1-2-10(22)11(23)3-8/h1-6,16,18-24,26-27H,7H2/t16-,18+,19-,20?/m1/s1. The predicted octanol–water partition coefficient (Wildman–Crippen LogP) is 0.395. The van der Waals surface area contributed by atoms with Gasteiger partial charge in [-0.2, -0.15) is 0 Å². The number of ether oxygens (including phenoxy) is 2. The molecule has 2 heterocycles. The molecule has 0 radical (unpaired) electrons. The van der Waals surface area contributed by atoms with E-state index in [0.29, 0.717) is 5.56 Å². The summed E-state index contributed by atoms with van der Waals surface area (Å²) in [6.45, 7) is -0.529. The molecule has 158 valence electrons. The molecule has 10 nitrogen and oxygen atoms in total. The second-order valence-electron chi connectivity index (χ2n) is 6.82. The lowest BCUT2D eigenvalue weighted by atomic mass is 10.1. The summed E-state index contributed by atoms with van der Waals surface area (Å²) in [5.74, 6) is -1.15. The van der Waals surface area contributed by atoms with Crippen LogP contribution < -0.4 is 10.2 Å². The van der Waals surface area contributed by atoms with Crippen LogP contribution in [-0.4, -0.2) is 61.8 Å². The van der Waals surface area contributed by atoms with Crippen molar-refractivity contribution in [1.82, 2.24) is 0 Å². The third kappa shape index (κ3) is 3.42. The zero-order chi connectivity index (χ0) is 21.6. The van der Waals surface area contributed by atoms with Gasteiger partial charge in [0.15, 0.2) is 16.9 Å². The van der Waals surface area contributed by atoms with Crippen LogP contribution in [0.2, 0.25) is 0 Å². The van der Waals surface area contributed by atoms with Gasteiger partial charge in [0.1, 0.15) is 46.5 Å². The SMILES string of the molecule is O=c1cc(-c2ccc(O)c(O)c2)oc2cc(OC3O[C@H](CO)[C@H](O)[C@H]3O)cc(O)c12. The summed E-state index contributed by atoms with van der Waals surface area (Å²) in [7, 11) is 0. The highest BCUT2D eigenvalue weighted by molar-refractivity contribution is 5.86. The fourth-order valence-corrected chi connectivity index (χ4v) is 3.23. The van der Waals surface area contributed by atoms with Crippen LogP contribution in [-0.2, 0) is 4.74 Å². The fraction of sp³-hybridized carbons (Fsp3) is 0.250. The number of aliphatic hydroxyl groups is 3. The third-order valence-electron chi connectivity index (χ3n) is 4.79. The molecule has 0 aliphatic carbocycles. The molecular weight excluding hydrogens is 400 g/mol. The Kier molecular flexibility index (Phi) is 5.00. The van der Waals surface area contributed by atoms with Crippen LogP contribution in [0.1, 0.15) is 0 Å². The summed E-state index contributed by atoms with van der Waals surface area (Å²) >= 11 is 0. The average Bonchev–Trinajstić information content (AvgIpc) is 2.97. The summed E-state index contributed by atoms with van der Waals surface area (Å²) in [4.78, 5) is 12.5. The first-order chi connectivity index (χ1) is 14.3. The quantitative estimate of drug-likeness (QED) is 0.326. The van der Waals surface area contributed by atoms with Crippen molar-refractivity contribution in [3.63, 3.8) is 0 Å². The Morgan fingerprint density at radius 1 is 0.933 bits per heavy atom. The van der Waals surface area contributed by atoms with Gasteiger partial charge < -0.3 is 44.5 Å². The molecular formula is C20H18O10. The van der Waals surface area contributed by atoms with Crippen LogP contribution in [0.3, 0.4) is 0 Å². The van der Waals surface area contributed by atoms with E-state index in [0.717, 1.165) is 12.1 Å². The van der Waals surface area contributed by atoms with E-state index in [4.69, 9.17) is 19.0 Å². The van der Waals surface area contributed by atoms with Crippen molar-refractivity contribution in [3.8, 4) is 34.3 Å². The fourth-order valence-electron chi connectivity index (χ4n) is 3.23. The molecule has 4 rings (SSSR count). The van der Waals surface area contributed by atoms with Crippen molar-refractivity contribution in [2.75, 3.05) is 6.61 Å². The topological polar surface area (TPSA) is 170 Å². The number of rotatable bonds is 4. The smallest absolute Gasteiger partial charge is 0.229 e. The number of fused-ring (bicyclic) bond motifs is 1. The van der Waals surface area contributed by atoms with Crippen molar-refractivity contribution in [3.05, 3.63) is 46.6 Å². The van der Waals surface area contributed by atoms with E-state index in [9.17, 15) is 30.3 Å². The molecule has 6 N–H and O–H groups in total. The van der Waals surface area contributed by atoms with Crippen LogP contribution in [0, 0.1) is 0 Å². The first-order valence-corrected chi connectivity index (χ1v) is 8.91. The Bertz CT molecular complexity index is 1150. The highest BCUT2D eigenvalue weighted by Gasteiger charge is 2.44. The highest BCUT2D eigenvalue weighted by atomic mass is 16.7. The van der Waals surface area contributed by atoms with Gasteiger partial charge in [-0.25, -0.2) is 0 Å². The van der Waals surface area contributed by atoms with Crippen molar-refractivity contribution >= 4 is 11.0 Å². The molecule has 0 amide bonds. The maximum atomic E-state index is 12.5. The van der Waals surface area contributed by atoms with E-state index in [2.05, 4.69) is 0 Å². The van der Waals surface area contributed by atoms with E-state index >= 15 is 0 Å². The van der Waals surface area contributed by atoms with Gasteiger partial charge in [-0.1, -0.05) is 0 Å². The molecule has 1 fully saturated rings. The Hall–Kier alpha value is -3.31. The van der Waals surface area contributed by atoms with Crippen LogP contribution >= 0.6 is 0 Å². The lowest BCUT2D eigenvalue weighted by molar-refractivity contribution is -0.116. The van der Waals surface area contributed by atoms with Crippen LogP contribution in [0.5, 0.6) is 23.0 Å². The molecule has 3 aromatic rings. The number of aliphatic hydroxyl groups excluding tert-OH is 3. The summed E-state index contributed by atoms with van der Waals surface area (Å²) < 4.78 is 16.4. The van der Waals surface area contributed by atoms with Gasteiger partial charge in [-0.05, 0) is 18.2 Å². The number of phenols is 3. The second-order valence-corrected chi connectivity index (χ2v) is 6.82.